The Morgan fingerprint density at radius 1 is 0.903 bits per heavy atom. The molecule has 6 nitrogen and oxygen atoms in total. The molecule has 0 radical (unpaired) electrons. The van der Waals surface area contributed by atoms with Crippen molar-refractivity contribution in [2.45, 2.75) is 13.0 Å². The number of hydrogen-bond acceptors (Lipinski definition) is 5. The molecule has 0 spiro atoms. The SMILES string of the molecule is CCN1CCN(c2ccc([N+](=O)[O-])c(NC(c3ccccc3)c3ccccc3)c2)CC1. The van der Waals surface area contributed by atoms with E-state index in [-0.39, 0.29) is 16.7 Å². The minimum absolute atomic E-state index is 0.0906. The highest BCUT2D eigenvalue weighted by Crippen LogP contribution is 2.35. The Hall–Kier alpha value is -3.38. The molecule has 160 valence electrons. The topological polar surface area (TPSA) is 61.7 Å². The van der Waals surface area contributed by atoms with Crippen molar-refractivity contribution in [2.24, 2.45) is 0 Å². The molecule has 0 aliphatic carbocycles. The quantitative estimate of drug-likeness (QED) is 0.437. The number of nitro benzene ring substituents is 1. The lowest BCUT2D eigenvalue weighted by molar-refractivity contribution is -0.384. The number of likely N-dealkylation sites (N-methyl/N-ethyl adjacent to an activating group) is 1. The van der Waals surface area contributed by atoms with Crippen LogP contribution in [0.3, 0.4) is 0 Å². The minimum atomic E-state index is -0.311. The molecule has 0 atom stereocenters. The first kappa shape index (κ1) is 20.9. The van der Waals surface area contributed by atoms with Gasteiger partial charge in [-0.05, 0) is 29.8 Å². The van der Waals surface area contributed by atoms with Crippen LogP contribution < -0.4 is 10.2 Å². The fourth-order valence-electron chi connectivity index (χ4n) is 4.12. The summed E-state index contributed by atoms with van der Waals surface area (Å²) in [6, 6.07) is 25.3. The summed E-state index contributed by atoms with van der Waals surface area (Å²) in [6.45, 7) is 7.09. The minimum Gasteiger partial charge on any atom is -0.369 e. The zero-order chi connectivity index (χ0) is 21.6. The van der Waals surface area contributed by atoms with E-state index in [0.29, 0.717) is 5.69 Å². The number of nitrogens with zero attached hydrogens (tertiary/aromatic N) is 3. The third-order valence-corrected chi connectivity index (χ3v) is 5.93. The Morgan fingerprint density at radius 3 is 2.00 bits per heavy atom. The van der Waals surface area contributed by atoms with E-state index in [4.69, 9.17) is 0 Å². The van der Waals surface area contributed by atoms with Gasteiger partial charge in [0.05, 0.1) is 11.0 Å². The van der Waals surface area contributed by atoms with Crippen LogP contribution in [-0.4, -0.2) is 42.5 Å². The number of hydrogen-bond donors (Lipinski definition) is 1. The number of nitrogens with one attached hydrogen (secondary N) is 1. The molecule has 1 aliphatic rings. The average molecular weight is 417 g/mol. The van der Waals surface area contributed by atoms with Gasteiger partial charge in [0.15, 0.2) is 0 Å². The lowest BCUT2D eigenvalue weighted by Gasteiger charge is -2.35. The summed E-state index contributed by atoms with van der Waals surface area (Å²) in [5.74, 6) is 0. The molecule has 3 aromatic rings. The monoisotopic (exact) mass is 416 g/mol. The van der Waals surface area contributed by atoms with Crippen LogP contribution >= 0.6 is 0 Å². The molecule has 1 heterocycles. The lowest BCUT2D eigenvalue weighted by atomic mass is 9.98. The normalized spacial score (nSPS) is 14.6. The van der Waals surface area contributed by atoms with E-state index >= 15 is 0 Å². The van der Waals surface area contributed by atoms with E-state index in [9.17, 15) is 10.1 Å². The molecule has 31 heavy (non-hydrogen) atoms. The molecule has 1 saturated heterocycles. The van der Waals surface area contributed by atoms with Crippen LogP contribution in [0.1, 0.15) is 24.1 Å². The Kier molecular flexibility index (Phi) is 6.48. The second kappa shape index (κ2) is 9.62. The molecule has 6 heteroatoms. The summed E-state index contributed by atoms with van der Waals surface area (Å²) < 4.78 is 0. The first-order valence-electron chi connectivity index (χ1n) is 10.8. The molecule has 1 aliphatic heterocycles. The number of nitro groups is 1. The van der Waals surface area contributed by atoms with Crippen LogP contribution in [0.2, 0.25) is 0 Å². The predicted octanol–water partition coefficient (Wildman–Crippen LogP) is 4.94. The Bertz CT molecular complexity index is 963. The highest BCUT2D eigenvalue weighted by Gasteiger charge is 2.23. The summed E-state index contributed by atoms with van der Waals surface area (Å²) in [5, 5.41) is 15.3. The maximum absolute atomic E-state index is 11.8. The van der Waals surface area contributed by atoms with E-state index < -0.39 is 0 Å². The Labute approximate surface area is 183 Å². The van der Waals surface area contributed by atoms with Gasteiger partial charge in [-0.2, -0.15) is 0 Å². The van der Waals surface area contributed by atoms with Gasteiger partial charge < -0.3 is 15.1 Å². The Morgan fingerprint density at radius 2 is 1.48 bits per heavy atom. The van der Waals surface area contributed by atoms with Crippen molar-refractivity contribution >= 4 is 17.1 Å². The summed E-state index contributed by atoms with van der Waals surface area (Å²) in [7, 11) is 0. The Balaban J connectivity index is 1.68. The number of rotatable bonds is 7. The molecule has 0 saturated carbocycles. The van der Waals surface area contributed by atoms with Gasteiger partial charge in [0.1, 0.15) is 5.69 Å². The van der Waals surface area contributed by atoms with Gasteiger partial charge in [-0.3, -0.25) is 10.1 Å². The average Bonchev–Trinajstić information content (AvgIpc) is 2.83. The highest BCUT2D eigenvalue weighted by molar-refractivity contribution is 5.70. The van der Waals surface area contributed by atoms with Gasteiger partial charge >= 0.3 is 0 Å². The first-order valence-corrected chi connectivity index (χ1v) is 10.8. The summed E-state index contributed by atoms with van der Waals surface area (Å²) in [6.07, 6.45) is 0. The van der Waals surface area contributed by atoms with E-state index in [1.54, 1.807) is 6.07 Å². The zero-order valence-corrected chi connectivity index (χ0v) is 17.8. The molecular weight excluding hydrogens is 388 g/mol. The maximum atomic E-state index is 11.8. The fraction of sp³-hybridized carbons (Fsp3) is 0.280. The zero-order valence-electron chi connectivity index (χ0n) is 17.8. The summed E-state index contributed by atoms with van der Waals surface area (Å²) in [5.41, 5.74) is 3.77. The maximum Gasteiger partial charge on any atom is 0.292 e. The van der Waals surface area contributed by atoms with Crippen LogP contribution in [0, 0.1) is 10.1 Å². The van der Waals surface area contributed by atoms with E-state index in [0.717, 1.165) is 49.5 Å². The second-order valence-corrected chi connectivity index (χ2v) is 7.78. The summed E-state index contributed by atoms with van der Waals surface area (Å²) >= 11 is 0. The van der Waals surface area contributed by atoms with Crippen molar-refractivity contribution < 1.29 is 4.92 Å². The van der Waals surface area contributed by atoms with Gasteiger partial charge in [0, 0.05) is 37.9 Å². The predicted molar refractivity (Wildman–Crippen MR) is 126 cm³/mol. The first-order chi connectivity index (χ1) is 15.2. The van der Waals surface area contributed by atoms with Gasteiger partial charge in [0.2, 0.25) is 0 Å². The van der Waals surface area contributed by atoms with Crippen molar-refractivity contribution in [1.29, 1.82) is 0 Å². The summed E-state index contributed by atoms with van der Waals surface area (Å²) in [4.78, 5) is 16.2. The molecule has 0 amide bonds. The highest BCUT2D eigenvalue weighted by atomic mass is 16.6. The standard InChI is InChI=1S/C25H28N4O2/c1-2-27-15-17-28(18-16-27)22-13-14-24(29(30)31)23(19-22)26-25(20-9-5-3-6-10-20)21-11-7-4-8-12-21/h3-14,19,25-26H,2,15-18H2,1H3. The molecule has 1 fully saturated rings. The molecule has 0 bridgehead atoms. The van der Waals surface area contributed by atoms with Crippen LogP contribution in [0.15, 0.2) is 78.9 Å². The van der Waals surface area contributed by atoms with Crippen molar-refractivity contribution in [1.82, 2.24) is 4.90 Å². The number of anilines is 2. The molecule has 0 aromatic heterocycles. The molecule has 4 rings (SSSR count). The van der Waals surface area contributed by atoms with E-state index in [2.05, 4.69) is 22.0 Å². The van der Waals surface area contributed by atoms with Crippen molar-refractivity contribution in [3.05, 3.63) is 100 Å². The third kappa shape index (κ3) is 4.86. The van der Waals surface area contributed by atoms with Crippen LogP contribution in [-0.2, 0) is 0 Å². The van der Waals surface area contributed by atoms with Crippen molar-refractivity contribution in [3.63, 3.8) is 0 Å². The lowest BCUT2D eigenvalue weighted by Crippen LogP contribution is -2.46. The van der Waals surface area contributed by atoms with Crippen LogP contribution in [0.4, 0.5) is 17.1 Å². The molecular formula is C25H28N4O2. The van der Waals surface area contributed by atoms with Crippen LogP contribution in [0.25, 0.3) is 0 Å². The molecule has 0 unspecified atom stereocenters. The van der Waals surface area contributed by atoms with Crippen molar-refractivity contribution in [3.8, 4) is 0 Å². The number of piperazine rings is 1. The van der Waals surface area contributed by atoms with E-state index in [1.165, 1.54) is 0 Å². The third-order valence-electron chi connectivity index (χ3n) is 5.93. The van der Waals surface area contributed by atoms with Gasteiger partial charge in [-0.25, -0.2) is 0 Å². The largest absolute Gasteiger partial charge is 0.369 e. The van der Waals surface area contributed by atoms with Gasteiger partial charge in [0.25, 0.3) is 5.69 Å². The van der Waals surface area contributed by atoms with E-state index in [1.807, 2.05) is 72.8 Å². The molecule has 1 N–H and O–H groups in total. The van der Waals surface area contributed by atoms with Gasteiger partial charge in [-0.1, -0.05) is 67.6 Å². The molecule has 3 aromatic carbocycles. The van der Waals surface area contributed by atoms with Crippen LogP contribution in [0.5, 0.6) is 0 Å². The van der Waals surface area contributed by atoms with Crippen molar-refractivity contribution in [2.75, 3.05) is 42.9 Å². The number of benzene rings is 3. The fourth-order valence-corrected chi connectivity index (χ4v) is 4.12. The smallest absolute Gasteiger partial charge is 0.292 e. The second-order valence-electron chi connectivity index (χ2n) is 7.78. The van der Waals surface area contributed by atoms with Gasteiger partial charge in [-0.15, -0.1) is 0 Å².